The third kappa shape index (κ3) is 11.3. The van der Waals surface area contributed by atoms with Crippen molar-refractivity contribution in [3.63, 3.8) is 0 Å². The standard InChI is InChI=1S/C33H47N3O14/c1-19-27(45-22(4)38)25(17-43-21(3)37)48-33(29(19)46-23(5)39)49-28-20(2)31(42-16-15-41-14-13-40-12-11-35-36-34)47-26-18-44-32(50-30(26)28)24-9-7-6-8-10-24/h6-10,19-20,25-33H,11-18H2,1-5H3/t19-,20?,25?,26?,27+,28+,29?,30-,31-,32?,33-/m0/s1. The first kappa shape index (κ1) is 39.4. The number of carbonyl (C=O) groups excluding carboxylic acids is 3. The van der Waals surface area contributed by atoms with Crippen molar-refractivity contribution in [1.82, 2.24) is 0 Å². The Bertz CT molecular complexity index is 1280. The molecular formula is C33H47N3O14. The number of hydrogen-bond acceptors (Lipinski definition) is 15. The van der Waals surface area contributed by atoms with Gasteiger partial charge in [-0.3, -0.25) is 14.4 Å². The van der Waals surface area contributed by atoms with E-state index in [2.05, 4.69) is 10.0 Å². The minimum Gasteiger partial charge on any atom is -0.463 e. The molecule has 0 radical (unpaired) electrons. The van der Waals surface area contributed by atoms with Crippen LogP contribution in [-0.2, 0) is 66.5 Å². The Morgan fingerprint density at radius 3 is 2.18 bits per heavy atom. The summed E-state index contributed by atoms with van der Waals surface area (Å²) in [5.41, 5.74) is 9.13. The average Bonchev–Trinajstić information content (AvgIpc) is 3.09. The van der Waals surface area contributed by atoms with Crippen LogP contribution in [0.2, 0.25) is 0 Å². The highest BCUT2D eigenvalue weighted by Crippen LogP contribution is 2.40. The van der Waals surface area contributed by atoms with Crippen molar-refractivity contribution in [3.05, 3.63) is 46.3 Å². The third-order valence-corrected chi connectivity index (χ3v) is 8.32. The second-order valence-corrected chi connectivity index (χ2v) is 12.1. The Balaban J connectivity index is 1.51. The molecule has 278 valence electrons. The molecule has 3 aliphatic heterocycles. The summed E-state index contributed by atoms with van der Waals surface area (Å²) in [6.07, 6.45) is -7.53. The van der Waals surface area contributed by atoms with Crippen LogP contribution >= 0.6 is 0 Å². The first-order valence-corrected chi connectivity index (χ1v) is 16.6. The maximum Gasteiger partial charge on any atom is 0.303 e. The Labute approximate surface area is 290 Å². The van der Waals surface area contributed by atoms with Gasteiger partial charge in [0.15, 0.2) is 25.0 Å². The first-order chi connectivity index (χ1) is 24.1. The van der Waals surface area contributed by atoms with Crippen molar-refractivity contribution in [2.75, 3.05) is 52.8 Å². The van der Waals surface area contributed by atoms with Crippen LogP contribution in [-0.4, -0.2) is 120 Å². The van der Waals surface area contributed by atoms with Crippen LogP contribution in [0.3, 0.4) is 0 Å². The molecule has 1 aromatic carbocycles. The SMILES string of the molecule is CC(=O)OCC1O[C@@H](O[C@@H]2C(C)[C@@H](OCCOCCOCCN=[N+]=[N-])OC3COC(c4ccccc4)O[C@@H]32)C(OC(C)=O)[C@@H](C)[C@H]1OC(C)=O. The number of carbonyl (C=O) groups is 3. The Kier molecular flexibility index (Phi) is 15.7. The van der Waals surface area contributed by atoms with Gasteiger partial charge in [-0.2, -0.15) is 0 Å². The Morgan fingerprint density at radius 1 is 0.820 bits per heavy atom. The summed E-state index contributed by atoms with van der Waals surface area (Å²) in [4.78, 5) is 38.8. The lowest BCUT2D eigenvalue weighted by Gasteiger charge is -2.51. The molecule has 3 saturated heterocycles. The van der Waals surface area contributed by atoms with Crippen LogP contribution in [0.25, 0.3) is 10.4 Å². The summed E-state index contributed by atoms with van der Waals surface area (Å²) in [6, 6.07) is 9.44. The molecule has 3 fully saturated rings. The lowest BCUT2D eigenvalue weighted by molar-refractivity contribution is -0.383. The maximum atomic E-state index is 12.3. The fraction of sp³-hybridized carbons (Fsp3) is 0.727. The zero-order chi connectivity index (χ0) is 36.0. The minimum absolute atomic E-state index is 0.166. The van der Waals surface area contributed by atoms with E-state index in [1.807, 2.05) is 37.3 Å². The predicted molar refractivity (Wildman–Crippen MR) is 170 cm³/mol. The molecule has 0 aliphatic carbocycles. The summed E-state index contributed by atoms with van der Waals surface area (Å²) >= 11 is 0. The highest BCUT2D eigenvalue weighted by Gasteiger charge is 2.54. The van der Waals surface area contributed by atoms with Gasteiger partial charge in [0.05, 0.1) is 45.7 Å². The lowest BCUT2D eigenvalue weighted by Crippen LogP contribution is -2.64. The van der Waals surface area contributed by atoms with E-state index in [0.29, 0.717) is 19.8 Å². The summed E-state index contributed by atoms with van der Waals surface area (Å²) in [7, 11) is 0. The van der Waals surface area contributed by atoms with Gasteiger partial charge in [0.2, 0.25) is 0 Å². The molecule has 50 heavy (non-hydrogen) atoms. The van der Waals surface area contributed by atoms with Crippen LogP contribution in [0.15, 0.2) is 35.4 Å². The average molecular weight is 710 g/mol. The molecule has 3 aliphatic rings. The van der Waals surface area contributed by atoms with E-state index in [-0.39, 0.29) is 33.0 Å². The van der Waals surface area contributed by atoms with Crippen LogP contribution in [0.1, 0.15) is 46.5 Å². The summed E-state index contributed by atoms with van der Waals surface area (Å²) in [5.74, 6) is -2.79. The van der Waals surface area contributed by atoms with E-state index in [4.69, 9.17) is 57.6 Å². The Morgan fingerprint density at radius 2 is 1.50 bits per heavy atom. The zero-order valence-electron chi connectivity index (χ0n) is 29.0. The van der Waals surface area contributed by atoms with Gasteiger partial charge in [-0.15, -0.1) is 0 Å². The van der Waals surface area contributed by atoms with Gasteiger partial charge in [-0.05, 0) is 5.53 Å². The van der Waals surface area contributed by atoms with Crippen molar-refractivity contribution in [3.8, 4) is 0 Å². The molecule has 17 nitrogen and oxygen atoms in total. The molecule has 17 heteroatoms. The molecule has 5 unspecified atom stereocenters. The number of ether oxygens (including phenoxy) is 11. The maximum absolute atomic E-state index is 12.3. The second kappa shape index (κ2) is 19.9. The largest absolute Gasteiger partial charge is 0.463 e. The molecule has 0 saturated carbocycles. The van der Waals surface area contributed by atoms with Crippen molar-refractivity contribution < 1.29 is 66.5 Å². The number of hydrogen-bond donors (Lipinski definition) is 0. The molecule has 0 aromatic heterocycles. The number of fused-ring (bicyclic) bond motifs is 1. The molecule has 0 N–H and O–H groups in total. The number of nitrogens with zero attached hydrogens (tertiary/aromatic N) is 3. The Hall–Kier alpha value is -3.38. The second-order valence-electron chi connectivity index (χ2n) is 12.1. The van der Waals surface area contributed by atoms with Gasteiger partial charge in [0, 0.05) is 49.6 Å². The van der Waals surface area contributed by atoms with Gasteiger partial charge >= 0.3 is 17.9 Å². The number of esters is 3. The molecule has 4 rings (SSSR count). The molecule has 3 heterocycles. The number of rotatable bonds is 17. The topological polar surface area (TPSA) is 201 Å². The van der Waals surface area contributed by atoms with E-state index in [0.717, 1.165) is 5.56 Å². The smallest absolute Gasteiger partial charge is 0.303 e. The van der Waals surface area contributed by atoms with Crippen molar-refractivity contribution in [1.29, 1.82) is 0 Å². The van der Waals surface area contributed by atoms with E-state index in [1.165, 1.54) is 20.8 Å². The van der Waals surface area contributed by atoms with E-state index < -0.39 is 85.2 Å². The molecule has 0 spiro atoms. The van der Waals surface area contributed by atoms with Crippen molar-refractivity contribution >= 4 is 17.9 Å². The van der Waals surface area contributed by atoms with E-state index in [9.17, 15) is 14.4 Å². The van der Waals surface area contributed by atoms with Gasteiger partial charge in [-0.1, -0.05) is 49.3 Å². The van der Waals surface area contributed by atoms with Crippen LogP contribution < -0.4 is 0 Å². The van der Waals surface area contributed by atoms with Crippen LogP contribution in [0, 0.1) is 11.8 Å². The third-order valence-electron chi connectivity index (χ3n) is 8.32. The normalized spacial score (nSPS) is 32.2. The van der Waals surface area contributed by atoms with Crippen molar-refractivity contribution in [2.45, 2.75) is 90.1 Å². The first-order valence-electron chi connectivity index (χ1n) is 16.6. The fourth-order valence-corrected chi connectivity index (χ4v) is 6.00. The van der Waals surface area contributed by atoms with Gasteiger partial charge in [-0.25, -0.2) is 0 Å². The van der Waals surface area contributed by atoms with Gasteiger partial charge in [0.1, 0.15) is 31.0 Å². The van der Waals surface area contributed by atoms with E-state index >= 15 is 0 Å². The minimum atomic E-state index is -1.18. The summed E-state index contributed by atoms with van der Waals surface area (Å²) < 4.78 is 65.5. The molecule has 11 atom stereocenters. The molecular weight excluding hydrogens is 662 g/mol. The summed E-state index contributed by atoms with van der Waals surface area (Å²) in [6.45, 7) is 8.95. The lowest BCUT2D eigenvalue weighted by atomic mass is 9.88. The zero-order valence-corrected chi connectivity index (χ0v) is 29.0. The molecule has 0 bridgehead atoms. The van der Waals surface area contributed by atoms with Gasteiger partial charge in [0.25, 0.3) is 0 Å². The number of azide groups is 1. The van der Waals surface area contributed by atoms with Gasteiger partial charge < -0.3 is 52.1 Å². The highest BCUT2D eigenvalue weighted by atomic mass is 16.8. The van der Waals surface area contributed by atoms with Crippen LogP contribution in [0.5, 0.6) is 0 Å². The van der Waals surface area contributed by atoms with Crippen molar-refractivity contribution in [2.24, 2.45) is 17.0 Å². The number of benzene rings is 1. The predicted octanol–water partition coefficient (Wildman–Crippen LogP) is 2.99. The summed E-state index contributed by atoms with van der Waals surface area (Å²) in [5, 5.41) is 3.41. The monoisotopic (exact) mass is 709 g/mol. The molecule has 0 amide bonds. The van der Waals surface area contributed by atoms with E-state index in [1.54, 1.807) is 6.92 Å². The van der Waals surface area contributed by atoms with Crippen LogP contribution in [0.4, 0.5) is 0 Å². The highest BCUT2D eigenvalue weighted by molar-refractivity contribution is 5.67. The fourth-order valence-electron chi connectivity index (χ4n) is 6.00. The molecule has 1 aromatic rings. The quantitative estimate of drug-likeness (QED) is 0.0570.